The Morgan fingerprint density at radius 3 is 2.68 bits per heavy atom. The highest BCUT2D eigenvalue weighted by molar-refractivity contribution is 7.93. The molecule has 0 spiro atoms. The number of aryl methyl sites for hydroxylation is 2. The van der Waals surface area contributed by atoms with Gasteiger partial charge in [-0.05, 0) is 43.2 Å². The molecule has 1 aromatic heterocycles. The molecule has 1 unspecified atom stereocenters. The maximum absolute atomic E-state index is 12.9. The van der Waals surface area contributed by atoms with Crippen LogP contribution in [0.5, 0.6) is 0 Å². The van der Waals surface area contributed by atoms with Crippen molar-refractivity contribution in [2.75, 3.05) is 12.9 Å². The largest absolute Gasteiger partial charge is 0.395 e. The first-order valence-electron chi connectivity index (χ1n) is 7.72. The first-order valence-corrected chi connectivity index (χ1v) is 9.64. The van der Waals surface area contributed by atoms with E-state index in [9.17, 15) is 9.00 Å². The molecule has 25 heavy (non-hydrogen) atoms. The second-order valence-corrected chi connectivity index (χ2v) is 7.94. The summed E-state index contributed by atoms with van der Waals surface area (Å²) in [4.78, 5) is 16.9. The zero-order chi connectivity index (χ0) is 18.4. The Bertz CT molecular complexity index is 978. The highest BCUT2D eigenvalue weighted by Gasteiger charge is 2.12. The van der Waals surface area contributed by atoms with Gasteiger partial charge in [-0.1, -0.05) is 17.9 Å². The predicted molar refractivity (Wildman–Crippen MR) is 97.8 cm³/mol. The van der Waals surface area contributed by atoms with E-state index in [0.29, 0.717) is 16.9 Å². The van der Waals surface area contributed by atoms with Crippen molar-refractivity contribution in [1.29, 1.82) is 0 Å². The van der Waals surface area contributed by atoms with E-state index in [1.54, 1.807) is 18.2 Å². The molecule has 1 heterocycles. The number of carbonyl (C=O) groups is 1. The van der Waals surface area contributed by atoms with E-state index in [4.69, 9.17) is 5.11 Å². The molecule has 0 saturated carbocycles. The van der Waals surface area contributed by atoms with Gasteiger partial charge in [0.25, 0.3) is 5.91 Å². The van der Waals surface area contributed by atoms with Crippen LogP contribution in [0.1, 0.15) is 33.5 Å². The summed E-state index contributed by atoms with van der Waals surface area (Å²) in [7, 11) is -2.85. The third-order valence-electron chi connectivity index (χ3n) is 3.63. The van der Waals surface area contributed by atoms with Gasteiger partial charge in [0.05, 0.1) is 21.9 Å². The van der Waals surface area contributed by atoms with Gasteiger partial charge in [-0.25, -0.2) is 4.21 Å². The fourth-order valence-electron chi connectivity index (χ4n) is 2.06. The molecular weight excluding hydrogens is 336 g/mol. The molecule has 2 rings (SSSR count). The SMILES string of the molecule is Cc1ccc(S(C)(=O)=NC(=O)c2cncc(C#CCCO)c2)cc1C. The minimum Gasteiger partial charge on any atom is -0.395 e. The quantitative estimate of drug-likeness (QED) is 0.858. The van der Waals surface area contributed by atoms with Crippen LogP contribution >= 0.6 is 0 Å². The van der Waals surface area contributed by atoms with E-state index >= 15 is 0 Å². The van der Waals surface area contributed by atoms with Crippen LogP contribution in [0.4, 0.5) is 0 Å². The molecule has 2 aromatic rings. The summed E-state index contributed by atoms with van der Waals surface area (Å²) < 4.78 is 16.8. The van der Waals surface area contributed by atoms with Crippen molar-refractivity contribution in [3.63, 3.8) is 0 Å². The Hall–Kier alpha value is -2.49. The fraction of sp³-hybridized carbons (Fsp3) is 0.263. The lowest BCUT2D eigenvalue weighted by Gasteiger charge is -2.07. The Kier molecular flexibility index (Phi) is 6.07. The van der Waals surface area contributed by atoms with Gasteiger partial charge in [-0.15, -0.1) is 0 Å². The summed E-state index contributed by atoms with van der Waals surface area (Å²) in [5, 5.41) is 8.74. The Morgan fingerprint density at radius 1 is 1.24 bits per heavy atom. The number of benzene rings is 1. The second kappa shape index (κ2) is 8.06. The molecule has 0 aliphatic carbocycles. The van der Waals surface area contributed by atoms with E-state index < -0.39 is 15.6 Å². The van der Waals surface area contributed by atoms with Gasteiger partial charge in [0.15, 0.2) is 0 Å². The van der Waals surface area contributed by atoms with Gasteiger partial charge in [0.2, 0.25) is 0 Å². The maximum atomic E-state index is 12.9. The van der Waals surface area contributed by atoms with Crippen molar-refractivity contribution in [3.05, 3.63) is 58.9 Å². The predicted octanol–water partition coefficient (Wildman–Crippen LogP) is 2.73. The molecule has 130 valence electrons. The van der Waals surface area contributed by atoms with Gasteiger partial charge < -0.3 is 5.11 Å². The molecule has 0 aliphatic rings. The van der Waals surface area contributed by atoms with Crippen LogP contribution in [0.2, 0.25) is 0 Å². The van der Waals surface area contributed by atoms with Crippen LogP contribution in [0.3, 0.4) is 0 Å². The van der Waals surface area contributed by atoms with Crippen molar-refractivity contribution in [2.24, 2.45) is 4.36 Å². The van der Waals surface area contributed by atoms with Crippen LogP contribution in [0.25, 0.3) is 0 Å². The summed E-state index contributed by atoms with van der Waals surface area (Å²) in [6.07, 6.45) is 4.69. The van der Waals surface area contributed by atoms with Gasteiger partial charge >= 0.3 is 0 Å². The van der Waals surface area contributed by atoms with E-state index in [0.717, 1.165) is 11.1 Å². The number of hydrogen-bond donors (Lipinski definition) is 1. The van der Waals surface area contributed by atoms with E-state index in [1.807, 2.05) is 19.9 Å². The third kappa shape index (κ3) is 4.99. The summed E-state index contributed by atoms with van der Waals surface area (Å²) >= 11 is 0. The molecule has 1 N–H and O–H groups in total. The summed E-state index contributed by atoms with van der Waals surface area (Å²) in [5.41, 5.74) is 2.86. The van der Waals surface area contributed by atoms with Gasteiger partial charge in [-0.3, -0.25) is 9.78 Å². The monoisotopic (exact) mass is 356 g/mol. The molecule has 1 aromatic carbocycles. The van der Waals surface area contributed by atoms with Crippen molar-refractivity contribution >= 4 is 15.6 Å². The average molecular weight is 356 g/mol. The number of rotatable bonds is 3. The smallest absolute Gasteiger partial charge is 0.286 e. The minimum atomic E-state index is -2.85. The molecule has 0 saturated heterocycles. The highest BCUT2D eigenvalue weighted by Crippen LogP contribution is 2.17. The number of aliphatic hydroxyl groups excluding tert-OH is 1. The van der Waals surface area contributed by atoms with Crippen molar-refractivity contribution < 1.29 is 14.1 Å². The standard InChI is InChI=1S/C19H20N2O3S/c1-14-7-8-18(10-15(14)2)25(3,24)21-19(23)17-11-16(12-20-13-17)6-4-5-9-22/h7-8,10-13,22H,5,9H2,1-3H3. The van der Waals surface area contributed by atoms with Crippen LogP contribution in [-0.4, -0.2) is 33.1 Å². The lowest BCUT2D eigenvalue weighted by atomic mass is 10.1. The van der Waals surface area contributed by atoms with E-state index in [-0.39, 0.29) is 12.2 Å². The summed E-state index contributed by atoms with van der Waals surface area (Å²) in [6, 6.07) is 6.95. The lowest BCUT2D eigenvalue weighted by molar-refractivity contribution is 0.100. The molecule has 0 bridgehead atoms. The van der Waals surface area contributed by atoms with Crippen LogP contribution in [-0.2, 0) is 9.73 Å². The molecule has 6 heteroatoms. The Labute approximate surface area is 148 Å². The number of hydrogen-bond acceptors (Lipinski definition) is 4. The highest BCUT2D eigenvalue weighted by atomic mass is 32.2. The number of nitrogens with zero attached hydrogens (tertiary/aromatic N) is 2. The normalized spacial score (nSPS) is 12.6. The first-order chi connectivity index (χ1) is 11.8. The van der Waals surface area contributed by atoms with Crippen molar-refractivity contribution in [2.45, 2.75) is 25.2 Å². The molecule has 1 amide bonds. The first kappa shape index (κ1) is 18.8. The fourth-order valence-corrected chi connectivity index (χ4v) is 3.30. The number of amides is 1. The summed E-state index contributed by atoms with van der Waals surface area (Å²) in [6.45, 7) is 3.87. The van der Waals surface area contributed by atoms with E-state index in [2.05, 4.69) is 21.2 Å². The Balaban J connectivity index is 2.35. The van der Waals surface area contributed by atoms with Crippen LogP contribution in [0.15, 0.2) is 45.9 Å². The average Bonchev–Trinajstić information content (AvgIpc) is 2.57. The zero-order valence-corrected chi connectivity index (χ0v) is 15.3. The molecule has 0 aliphatic heterocycles. The summed E-state index contributed by atoms with van der Waals surface area (Å²) in [5.74, 6) is 4.98. The molecule has 0 fully saturated rings. The second-order valence-electron chi connectivity index (χ2n) is 5.68. The molecule has 0 radical (unpaired) electrons. The van der Waals surface area contributed by atoms with Crippen LogP contribution < -0.4 is 0 Å². The maximum Gasteiger partial charge on any atom is 0.286 e. The van der Waals surface area contributed by atoms with E-state index in [1.165, 1.54) is 18.6 Å². The molecule has 5 nitrogen and oxygen atoms in total. The molecular formula is C19H20N2O3S. The lowest BCUT2D eigenvalue weighted by Crippen LogP contribution is -2.05. The topological polar surface area (TPSA) is 79.6 Å². The van der Waals surface area contributed by atoms with Gasteiger partial charge in [0, 0.05) is 35.5 Å². The van der Waals surface area contributed by atoms with Crippen molar-refractivity contribution in [1.82, 2.24) is 4.98 Å². The minimum absolute atomic E-state index is 0.0255. The zero-order valence-electron chi connectivity index (χ0n) is 14.4. The van der Waals surface area contributed by atoms with Crippen LogP contribution in [0, 0.1) is 25.7 Å². The van der Waals surface area contributed by atoms with Crippen molar-refractivity contribution in [3.8, 4) is 11.8 Å². The number of pyridine rings is 1. The number of carbonyl (C=O) groups excluding carboxylic acids is 1. The number of aromatic nitrogens is 1. The molecule has 1 atom stereocenters. The van der Waals surface area contributed by atoms with Gasteiger partial charge in [0.1, 0.15) is 0 Å². The Morgan fingerprint density at radius 2 is 2.00 bits per heavy atom. The third-order valence-corrected chi connectivity index (χ3v) is 5.27. The number of aliphatic hydroxyl groups is 1. The van der Waals surface area contributed by atoms with Gasteiger partial charge in [-0.2, -0.15) is 4.36 Å².